The van der Waals surface area contributed by atoms with Crippen molar-refractivity contribution in [2.75, 3.05) is 30.5 Å². The highest BCUT2D eigenvalue weighted by Crippen LogP contribution is 2.45. The maximum absolute atomic E-state index is 13.1. The van der Waals surface area contributed by atoms with Gasteiger partial charge in [0, 0.05) is 30.7 Å². The standard InChI is InChI=1S/C29H28F3N3O5/c1-16-3-4-20(34-26(37)18-5-8-33-24(13-18)29(30,31)32)14-21(16)19-11-22(17-6-9-39-10-7-17)25-23(12-19)40-28(2,15-36)27(38)35-25/h3-5,8,11-14,17,36H,6-7,9-10,15H2,1-2H3,(H,34,37)(H,35,38). The van der Waals surface area contributed by atoms with Crippen LogP contribution in [0.1, 0.15) is 52.9 Å². The van der Waals surface area contributed by atoms with Crippen LogP contribution in [0.3, 0.4) is 0 Å². The first-order chi connectivity index (χ1) is 19.0. The number of aromatic nitrogens is 1. The first-order valence-electron chi connectivity index (χ1n) is 12.8. The van der Waals surface area contributed by atoms with E-state index in [1.165, 1.54) is 13.0 Å². The highest BCUT2D eigenvalue weighted by molar-refractivity contribution is 6.05. The number of anilines is 2. The number of fused-ring (bicyclic) bond motifs is 1. The Hall–Kier alpha value is -3.96. The van der Waals surface area contributed by atoms with E-state index in [1.807, 2.05) is 13.0 Å². The van der Waals surface area contributed by atoms with Crippen molar-refractivity contribution in [1.29, 1.82) is 0 Å². The molecule has 1 atom stereocenters. The van der Waals surface area contributed by atoms with Crippen LogP contribution in [0.15, 0.2) is 48.7 Å². The second-order valence-electron chi connectivity index (χ2n) is 10.2. The summed E-state index contributed by atoms with van der Waals surface area (Å²) in [6, 6.07) is 10.9. The molecule has 3 aromatic rings. The van der Waals surface area contributed by atoms with Crippen molar-refractivity contribution in [1.82, 2.24) is 4.98 Å². The number of nitrogens with one attached hydrogen (secondary N) is 2. The normalized spacial score (nSPS) is 19.4. The molecule has 210 valence electrons. The number of alkyl halides is 3. The lowest BCUT2D eigenvalue weighted by molar-refractivity contribution is -0.141. The fraction of sp³-hybridized carbons (Fsp3) is 0.345. The van der Waals surface area contributed by atoms with Gasteiger partial charge in [-0.2, -0.15) is 13.2 Å². The molecule has 1 fully saturated rings. The average Bonchev–Trinajstić information content (AvgIpc) is 2.94. The number of carbonyl (C=O) groups excluding carboxylic acids is 2. The van der Waals surface area contributed by atoms with Crippen molar-refractivity contribution in [2.24, 2.45) is 0 Å². The van der Waals surface area contributed by atoms with Crippen molar-refractivity contribution in [3.63, 3.8) is 0 Å². The van der Waals surface area contributed by atoms with Gasteiger partial charge in [-0.1, -0.05) is 6.07 Å². The lowest BCUT2D eigenvalue weighted by atomic mass is 9.86. The Balaban J connectivity index is 1.52. The Morgan fingerprint density at radius 1 is 1.18 bits per heavy atom. The molecule has 8 nitrogen and oxygen atoms in total. The highest BCUT2D eigenvalue weighted by atomic mass is 19.4. The zero-order valence-corrected chi connectivity index (χ0v) is 21.9. The van der Waals surface area contributed by atoms with Crippen molar-refractivity contribution >= 4 is 23.2 Å². The molecule has 0 bridgehead atoms. The first-order valence-corrected chi connectivity index (χ1v) is 12.8. The monoisotopic (exact) mass is 555 g/mol. The van der Waals surface area contributed by atoms with E-state index >= 15 is 0 Å². The van der Waals surface area contributed by atoms with Crippen LogP contribution in [0.25, 0.3) is 11.1 Å². The van der Waals surface area contributed by atoms with Crippen LogP contribution in [0.4, 0.5) is 24.5 Å². The first kappa shape index (κ1) is 27.6. The number of amides is 2. The molecule has 1 saturated heterocycles. The van der Waals surface area contributed by atoms with Crippen molar-refractivity contribution in [3.05, 3.63) is 71.0 Å². The largest absolute Gasteiger partial charge is 0.473 e. The fourth-order valence-electron chi connectivity index (χ4n) is 4.92. The lowest BCUT2D eigenvalue weighted by Crippen LogP contribution is -2.51. The van der Waals surface area contributed by atoms with Gasteiger partial charge in [-0.3, -0.25) is 14.6 Å². The maximum atomic E-state index is 13.1. The fourth-order valence-corrected chi connectivity index (χ4v) is 4.92. The third-order valence-electron chi connectivity index (χ3n) is 7.27. The number of ether oxygens (including phenoxy) is 2. The predicted molar refractivity (Wildman–Crippen MR) is 141 cm³/mol. The van der Waals surface area contributed by atoms with Gasteiger partial charge in [-0.05, 0) is 91.3 Å². The van der Waals surface area contributed by atoms with Gasteiger partial charge in [-0.15, -0.1) is 0 Å². The van der Waals surface area contributed by atoms with E-state index in [-0.39, 0.29) is 11.5 Å². The second-order valence-corrected chi connectivity index (χ2v) is 10.2. The molecule has 3 N–H and O–H groups in total. The summed E-state index contributed by atoms with van der Waals surface area (Å²) < 4.78 is 50.8. The molecule has 11 heteroatoms. The number of carbonyl (C=O) groups is 2. The SMILES string of the molecule is Cc1ccc(NC(=O)c2ccnc(C(F)(F)F)c2)cc1-c1cc2c(c(C3CCOCC3)c1)NC(=O)C(C)(CO)O2. The molecular formula is C29H28F3N3O5. The number of rotatable bonds is 5. The molecule has 2 aliphatic heterocycles. The summed E-state index contributed by atoms with van der Waals surface area (Å²) in [6.45, 7) is 4.06. The molecular weight excluding hydrogens is 527 g/mol. The molecule has 1 unspecified atom stereocenters. The number of pyridine rings is 1. The Kier molecular flexibility index (Phi) is 7.28. The van der Waals surface area contributed by atoms with Gasteiger partial charge >= 0.3 is 6.18 Å². The molecule has 2 aromatic carbocycles. The quantitative estimate of drug-likeness (QED) is 0.394. The molecule has 5 rings (SSSR count). The smallest absolute Gasteiger partial charge is 0.433 e. The summed E-state index contributed by atoms with van der Waals surface area (Å²) >= 11 is 0. The summed E-state index contributed by atoms with van der Waals surface area (Å²) in [5, 5.41) is 15.5. The van der Waals surface area contributed by atoms with Gasteiger partial charge in [-0.25, -0.2) is 0 Å². The van der Waals surface area contributed by atoms with Gasteiger partial charge in [0.2, 0.25) is 5.60 Å². The minimum absolute atomic E-state index is 0.0996. The van der Waals surface area contributed by atoms with E-state index in [2.05, 4.69) is 15.6 Å². The van der Waals surface area contributed by atoms with Gasteiger partial charge in [0.1, 0.15) is 11.4 Å². The number of benzene rings is 2. The van der Waals surface area contributed by atoms with Crippen molar-refractivity contribution in [3.8, 4) is 16.9 Å². The summed E-state index contributed by atoms with van der Waals surface area (Å²) in [7, 11) is 0. The Labute approximate surface area is 228 Å². The number of hydrogen-bond donors (Lipinski definition) is 3. The third-order valence-corrected chi connectivity index (χ3v) is 7.27. The molecule has 0 aliphatic carbocycles. The van der Waals surface area contributed by atoms with Crippen LogP contribution < -0.4 is 15.4 Å². The zero-order valence-electron chi connectivity index (χ0n) is 21.9. The van der Waals surface area contributed by atoms with Crippen molar-refractivity contribution in [2.45, 2.75) is 44.4 Å². The van der Waals surface area contributed by atoms with E-state index in [0.29, 0.717) is 36.4 Å². The highest BCUT2D eigenvalue weighted by Gasteiger charge is 2.41. The Bertz CT molecular complexity index is 1470. The van der Waals surface area contributed by atoms with E-state index in [9.17, 15) is 27.9 Å². The number of hydrogen-bond acceptors (Lipinski definition) is 6. The molecule has 1 aromatic heterocycles. The van der Waals surface area contributed by atoms with Crippen LogP contribution in [0, 0.1) is 6.92 Å². The van der Waals surface area contributed by atoms with Crippen LogP contribution in [0.2, 0.25) is 0 Å². The zero-order chi connectivity index (χ0) is 28.7. The van der Waals surface area contributed by atoms with E-state index in [1.54, 1.807) is 24.3 Å². The second kappa shape index (κ2) is 10.5. The molecule has 2 aliphatic rings. The van der Waals surface area contributed by atoms with E-state index in [0.717, 1.165) is 41.3 Å². The summed E-state index contributed by atoms with van der Waals surface area (Å²) in [6.07, 6.45) is -2.22. The molecule has 0 radical (unpaired) electrons. The van der Waals surface area contributed by atoms with Gasteiger partial charge in [0.05, 0.1) is 12.3 Å². The third kappa shape index (κ3) is 5.39. The number of aliphatic hydroxyl groups is 1. The minimum atomic E-state index is -4.67. The summed E-state index contributed by atoms with van der Waals surface area (Å²) in [5.41, 5.74) is 1.44. The number of aryl methyl sites for hydroxylation is 1. The van der Waals surface area contributed by atoms with Crippen LogP contribution in [-0.4, -0.2) is 47.3 Å². The Morgan fingerprint density at radius 3 is 2.62 bits per heavy atom. The van der Waals surface area contributed by atoms with Gasteiger partial charge < -0.3 is 25.2 Å². The lowest BCUT2D eigenvalue weighted by Gasteiger charge is -2.36. The predicted octanol–water partition coefficient (Wildman–Crippen LogP) is 5.30. The van der Waals surface area contributed by atoms with E-state index in [4.69, 9.17) is 9.47 Å². The van der Waals surface area contributed by atoms with Gasteiger partial charge in [0.15, 0.2) is 0 Å². The van der Waals surface area contributed by atoms with Crippen LogP contribution in [0.5, 0.6) is 5.75 Å². The molecule has 2 amide bonds. The number of halogens is 3. The topological polar surface area (TPSA) is 110 Å². The maximum Gasteiger partial charge on any atom is 0.433 e. The van der Waals surface area contributed by atoms with E-state index < -0.39 is 35.9 Å². The van der Waals surface area contributed by atoms with Crippen LogP contribution >= 0.6 is 0 Å². The molecule has 3 heterocycles. The molecule has 0 saturated carbocycles. The van der Waals surface area contributed by atoms with Gasteiger partial charge in [0.25, 0.3) is 11.8 Å². The van der Waals surface area contributed by atoms with Crippen LogP contribution in [-0.2, 0) is 15.7 Å². The summed E-state index contributed by atoms with van der Waals surface area (Å²) in [4.78, 5) is 28.9. The number of aliphatic hydroxyl groups excluding tert-OH is 1. The molecule has 40 heavy (non-hydrogen) atoms. The molecule has 0 spiro atoms. The average molecular weight is 556 g/mol. The van der Waals surface area contributed by atoms with Crippen molar-refractivity contribution < 1.29 is 37.3 Å². The number of nitrogens with zero attached hydrogens (tertiary/aromatic N) is 1. The Morgan fingerprint density at radius 2 is 1.93 bits per heavy atom. The summed E-state index contributed by atoms with van der Waals surface area (Å²) in [5.74, 6) is -0.627. The minimum Gasteiger partial charge on any atom is -0.473 e.